The fourth-order valence-electron chi connectivity index (χ4n) is 4.65. The van der Waals surface area contributed by atoms with E-state index < -0.39 is 39.7 Å². The molecule has 1 aromatic carbocycles. The van der Waals surface area contributed by atoms with Crippen LogP contribution in [0.15, 0.2) is 44.3 Å². The minimum atomic E-state index is -3.79. The number of hydrogen-bond acceptors (Lipinski definition) is 9. The zero-order valence-corrected chi connectivity index (χ0v) is 24.4. The molecule has 0 saturated carbocycles. The maximum absolute atomic E-state index is 13.3. The number of fused-ring (bicyclic) bond motifs is 1. The third-order valence-electron chi connectivity index (χ3n) is 6.62. The van der Waals surface area contributed by atoms with Gasteiger partial charge >= 0.3 is 0 Å². The molecule has 2 aromatic heterocycles. The van der Waals surface area contributed by atoms with Gasteiger partial charge in [-0.3, -0.25) is 14.4 Å². The number of thiophene rings is 1. The molecule has 11 nitrogen and oxygen atoms in total. The number of carbonyl (C=O) groups excluding carboxylic acids is 3. The van der Waals surface area contributed by atoms with E-state index in [0.717, 1.165) is 15.6 Å². The average molecular weight is 592 g/mol. The van der Waals surface area contributed by atoms with E-state index in [1.165, 1.54) is 26.4 Å². The molecule has 40 heavy (non-hydrogen) atoms. The second-order valence-corrected chi connectivity index (χ2v) is 13.0. The molecule has 216 valence electrons. The van der Waals surface area contributed by atoms with Crippen LogP contribution in [0.5, 0.6) is 11.5 Å². The molecule has 2 N–H and O–H groups in total. The summed E-state index contributed by atoms with van der Waals surface area (Å²) < 4.78 is 43.6. The van der Waals surface area contributed by atoms with E-state index in [1.54, 1.807) is 23.6 Å². The highest BCUT2D eigenvalue weighted by atomic mass is 32.2. The summed E-state index contributed by atoms with van der Waals surface area (Å²) in [5.41, 5.74) is 0.416. The van der Waals surface area contributed by atoms with Gasteiger partial charge < -0.3 is 24.5 Å². The SMILES string of the molecule is COc1ccc2oc(C(=O)NC(CC(C)C)C(=O)N[C@H]3CCCN(S(=O)(=O)c4cccs4)CC3=O)cc2c1OC. The lowest BCUT2D eigenvalue weighted by molar-refractivity contribution is -0.129. The summed E-state index contributed by atoms with van der Waals surface area (Å²) in [5.74, 6) is -0.589. The highest BCUT2D eigenvalue weighted by molar-refractivity contribution is 7.91. The maximum Gasteiger partial charge on any atom is 0.287 e. The van der Waals surface area contributed by atoms with Gasteiger partial charge in [0.1, 0.15) is 15.8 Å². The van der Waals surface area contributed by atoms with Crippen molar-refractivity contribution < 1.29 is 36.7 Å². The number of ketones is 1. The molecule has 1 aliphatic heterocycles. The Hall–Kier alpha value is -3.42. The molecule has 4 rings (SSSR count). The van der Waals surface area contributed by atoms with E-state index in [0.29, 0.717) is 35.3 Å². The normalized spacial score (nSPS) is 17.4. The zero-order valence-electron chi connectivity index (χ0n) is 22.8. The fourth-order valence-corrected chi connectivity index (χ4v) is 7.23. The van der Waals surface area contributed by atoms with Crippen LogP contribution in [0.1, 0.15) is 43.7 Å². The van der Waals surface area contributed by atoms with Crippen molar-refractivity contribution in [1.29, 1.82) is 0 Å². The maximum atomic E-state index is 13.3. The van der Waals surface area contributed by atoms with Crippen LogP contribution in [0.2, 0.25) is 0 Å². The number of benzene rings is 1. The first-order valence-corrected chi connectivity index (χ1v) is 15.2. The van der Waals surface area contributed by atoms with Gasteiger partial charge in [-0.1, -0.05) is 19.9 Å². The molecular weight excluding hydrogens is 558 g/mol. The summed E-state index contributed by atoms with van der Waals surface area (Å²) in [6, 6.07) is 6.17. The Morgan fingerprint density at radius 3 is 2.62 bits per heavy atom. The number of carbonyl (C=O) groups is 3. The van der Waals surface area contributed by atoms with E-state index in [9.17, 15) is 22.8 Å². The molecule has 1 aliphatic rings. The van der Waals surface area contributed by atoms with E-state index >= 15 is 0 Å². The van der Waals surface area contributed by atoms with Crippen molar-refractivity contribution in [3.05, 3.63) is 41.5 Å². The molecule has 0 radical (unpaired) electrons. The van der Waals surface area contributed by atoms with E-state index in [2.05, 4.69) is 10.6 Å². The molecule has 1 unspecified atom stereocenters. The van der Waals surface area contributed by atoms with Crippen molar-refractivity contribution in [3.63, 3.8) is 0 Å². The van der Waals surface area contributed by atoms with Crippen LogP contribution in [0.25, 0.3) is 11.0 Å². The van der Waals surface area contributed by atoms with Crippen LogP contribution in [0.3, 0.4) is 0 Å². The Bertz CT molecular complexity index is 1480. The lowest BCUT2D eigenvalue weighted by atomic mass is 10.0. The van der Waals surface area contributed by atoms with Gasteiger partial charge in [-0.05, 0) is 48.8 Å². The highest BCUT2D eigenvalue weighted by Crippen LogP contribution is 2.37. The van der Waals surface area contributed by atoms with Gasteiger partial charge in [0, 0.05) is 12.6 Å². The summed E-state index contributed by atoms with van der Waals surface area (Å²) in [4.78, 5) is 39.5. The molecule has 0 aliphatic carbocycles. The Balaban J connectivity index is 1.47. The van der Waals surface area contributed by atoms with Crippen LogP contribution >= 0.6 is 11.3 Å². The lowest BCUT2D eigenvalue weighted by Gasteiger charge is -2.23. The first-order chi connectivity index (χ1) is 19.0. The van der Waals surface area contributed by atoms with Crippen LogP contribution in [0.4, 0.5) is 0 Å². The first-order valence-electron chi connectivity index (χ1n) is 12.9. The second kappa shape index (κ2) is 12.4. The molecule has 2 atom stereocenters. The quantitative estimate of drug-likeness (QED) is 0.366. The molecule has 1 fully saturated rings. The van der Waals surface area contributed by atoms with Crippen molar-refractivity contribution in [1.82, 2.24) is 14.9 Å². The predicted octanol–water partition coefficient (Wildman–Crippen LogP) is 3.19. The topological polar surface area (TPSA) is 144 Å². The average Bonchev–Trinajstić information content (AvgIpc) is 3.57. The van der Waals surface area contributed by atoms with Crippen molar-refractivity contribution in [2.45, 2.75) is 49.4 Å². The minimum absolute atomic E-state index is 0.0110. The van der Waals surface area contributed by atoms with Gasteiger partial charge in [0.05, 0.1) is 32.2 Å². The van der Waals surface area contributed by atoms with Gasteiger partial charge in [0.15, 0.2) is 23.0 Å². The van der Waals surface area contributed by atoms with Gasteiger partial charge in [-0.25, -0.2) is 8.42 Å². The number of Topliss-reactive ketones (excluding diaryl/α,β-unsaturated/α-hetero) is 1. The number of nitrogens with one attached hydrogen (secondary N) is 2. The van der Waals surface area contributed by atoms with Crippen molar-refractivity contribution in [2.75, 3.05) is 27.3 Å². The Morgan fingerprint density at radius 2 is 1.98 bits per heavy atom. The highest BCUT2D eigenvalue weighted by Gasteiger charge is 2.35. The second-order valence-electron chi connectivity index (χ2n) is 9.92. The van der Waals surface area contributed by atoms with Crippen molar-refractivity contribution in [2.24, 2.45) is 5.92 Å². The van der Waals surface area contributed by atoms with Gasteiger partial charge in [-0.2, -0.15) is 4.31 Å². The predicted molar refractivity (Wildman–Crippen MR) is 149 cm³/mol. The Morgan fingerprint density at radius 1 is 1.20 bits per heavy atom. The largest absolute Gasteiger partial charge is 0.493 e. The summed E-state index contributed by atoms with van der Waals surface area (Å²) in [5, 5.41) is 7.69. The van der Waals surface area contributed by atoms with Crippen LogP contribution in [-0.4, -0.2) is 69.7 Å². The van der Waals surface area contributed by atoms with Crippen LogP contribution < -0.4 is 20.1 Å². The number of amides is 2. The van der Waals surface area contributed by atoms with Crippen molar-refractivity contribution >= 4 is 49.9 Å². The third-order valence-corrected chi connectivity index (χ3v) is 9.84. The van der Waals surface area contributed by atoms with Crippen LogP contribution in [-0.2, 0) is 19.6 Å². The van der Waals surface area contributed by atoms with Gasteiger partial charge in [-0.15, -0.1) is 11.3 Å². The zero-order chi connectivity index (χ0) is 29.0. The summed E-state index contributed by atoms with van der Waals surface area (Å²) in [6.45, 7) is 3.66. The molecular formula is C27H33N3O8S2. The number of furan rings is 1. The molecule has 1 saturated heterocycles. The smallest absolute Gasteiger partial charge is 0.287 e. The number of methoxy groups -OCH3 is 2. The van der Waals surface area contributed by atoms with Crippen LogP contribution in [0, 0.1) is 5.92 Å². The number of hydrogen-bond donors (Lipinski definition) is 2. The standard InChI is InChI=1S/C27H33N3O8S2/c1-16(2)13-19(29-27(33)23-14-17-21(38-23)9-10-22(36-3)25(17)37-4)26(32)28-18-7-5-11-30(15-20(18)31)40(34,35)24-8-6-12-39-24/h6,8-10,12,14,16,18-19H,5,7,11,13,15H2,1-4H3,(H,28,32)(H,29,33)/t18-,19?/m0/s1. The third kappa shape index (κ3) is 6.31. The van der Waals surface area contributed by atoms with Gasteiger partial charge in [0.25, 0.3) is 15.9 Å². The van der Waals surface area contributed by atoms with E-state index in [-0.39, 0.29) is 35.4 Å². The summed E-state index contributed by atoms with van der Waals surface area (Å²) in [7, 11) is -0.802. The Kier molecular flexibility index (Phi) is 9.16. The first kappa shape index (κ1) is 29.6. The minimum Gasteiger partial charge on any atom is -0.493 e. The summed E-state index contributed by atoms with van der Waals surface area (Å²) >= 11 is 1.09. The fraction of sp³-hybridized carbons (Fsp3) is 0.444. The molecule has 2 amide bonds. The number of ether oxygens (including phenoxy) is 2. The molecule has 0 spiro atoms. The van der Waals surface area contributed by atoms with Gasteiger partial charge in [0.2, 0.25) is 5.91 Å². The summed E-state index contributed by atoms with van der Waals surface area (Å²) in [6.07, 6.45) is 0.996. The molecule has 13 heteroatoms. The van der Waals surface area contributed by atoms with E-state index in [4.69, 9.17) is 13.9 Å². The molecule has 3 aromatic rings. The van der Waals surface area contributed by atoms with E-state index in [1.807, 2.05) is 13.8 Å². The monoisotopic (exact) mass is 591 g/mol. The Labute approximate surface area is 236 Å². The molecule has 3 heterocycles. The lowest BCUT2D eigenvalue weighted by Crippen LogP contribution is -2.52. The number of sulfonamides is 1. The van der Waals surface area contributed by atoms with Crippen molar-refractivity contribution in [3.8, 4) is 11.5 Å². The molecule has 0 bridgehead atoms. The number of rotatable bonds is 10. The number of nitrogens with zero attached hydrogens (tertiary/aromatic N) is 1.